The summed E-state index contributed by atoms with van der Waals surface area (Å²) < 4.78 is 48.1. The third-order valence-corrected chi connectivity index (χ3v) is 7.87. The lowest BCUT2D eigenvalue weighted by Gasteiger charge is -2.36. The van der Waals surface area contributed by atoms with Crippen molar-refractivity contribution in [3.05, 3.63) is 54.1 Å². The zero-order valence-corrected chi connectivity index (χ0v) is 29.1. The first-order valence-electron chi connectivity index (χ1n) is 15.4. The SMILES string of the molecule is COc1ccccc1Oc1c(OCCC(=O)O)nc(N2CCN(C(=O)OC(C)(C)C)CC2)nc1N(c1ccc(C(C)(C)C)cc1)S(=O)O. The standard InChI is InChI=1S/C33H43N5O9S/c1-32(2,3)22-12-14-23(15-13-22)38(48(42)43)28-27(46-25-11-9-8-10-24(25)44-7)29(45-21-16-26(39)40)35-30(34-28)36-17-19-37(20-18-36)31(41)47-33(4,5)6/h8-15H,16-21H2,1-7H3,(H,39,40)(H,42,43). The number of aliphatic carboxylic acids is 1. The first-order chi connectivity index (χ1) is 22.6. The van der Waals surface area contributed by atoms with Crippen LogP contribution in [0.5, 0.6) is 23.1 Å². The number of carboxylic acid groups (broad SMARTS) is 1. The molecule has 1 aromatic heterocycles. The number of rotatable bonds is 11. The van der Waals surface area contributed by atoms with Gasteiger partial charge >= 0.3 is 12.1 Å². The van der Waals surface area contributed by atoms with Crippen molar-refractivity contribution in [1.29, 1.82) is 0 Å². The van der Waals surface area contributed by atoms with Crippen molar-refractivity contribution in [1.82, 2.24) is 14.9 Å². The molecule has 260 valence electrons. The van der Waals surface area contributed by atoms with Gasteiger partial charge in [-0.05, 0) is 56.0 Å². The van der Waals surface area contributed by atoms with Gasteiger partial charge in [-0.2, -0.15) is 9.97 Å². The molecule has 48 heavy (non-hydrogen) atoms. The van der Waals surface area contributed by atoms with Gasteiger partial charge in [-0.3, -0.25) is 9.35 Å². The maximum absolute atomic E-state index is 13.2. The molecular formula is C33H43N5O9S. The van der Waals surface area contributed by atoms with Gasteiger partial charge in [0.15, 0.2) is 17.3 Å². The number of aromatic nitrogens is 2. The molecule has 0 radical (unpaired) electrons. The van der Waals surface area contributed by atoms with E-state index in [0.29, 0.717) is 37.6 Å². The molecule has 0 saturated carbocycles. The minimum absolute atomic E-state index is 0.116. The lowest BCUT2D eigenvalue weighted by Crippen LogP contribution is -2.50. The number of carboxylic acids is 1. The number of piperazine rings is 1. The van der Waals surface area contributed by atoms with Gasteiger partial charge in [-0.25, -0.2) is 13.3 Å². The molecule has 0 bridgehead atoms. The number of anilines is 3. The molecule has 1 aliphatic rings. The van der Waals surface area contributed by atoms with Crippen LogP contribution in [0.1, 0.15) is 53.5 Å². The number of hydrogen-bond donors (Lipinski definition) is 2. The molecule has 0 spiro atoms. The summed E-state index contributed by atoms with van der Waals surface area (Å²) in [6.45, 7) is 12.5. The molecule has 4 rings (SSSR count). The Morgan fingerprint density at radius 2 is 1.56 bits per heavy atom. The second-order valence-electron chi connectivity index (χ2n) is 13.0. The van der Waals surface area contributed by atoms with Crippen LogP contribution in [0, 0.1) is 0 Å². The Hall–Kier alpha value is -4.63. The predicted octanol–water partition coefficient (Wildman–Crippen LogP) is 5.76. The van der Waals surface area contributed by atoms with Gasteiger partial charge < -0.3 is 33.9 Å². The quantitative estimate of drug-likeness (QED) is 0.235. The lowest BCUT2D eigenvalue weighted by atomic mass is 9.87. The van der Waals surface area contributed by atoms with Crippen LogP contribution in [0.2, 0.25) is 0 Å². The van der Waals surface area contributed by atoms with Gasteiger partial charge in [0.2, 0.25) is 11.7 Å². The maximum Gasteiger partial charge on any atom is 0.410 e. The average molecular weight is 686 g/mol. The van der Waals surface area contributed by atoms with Crippen molar-refractivity contribution in [2.75, 3.05) is 49.1 Å². The Morgan fingerprint density at radius 1 is 0.938 bits per heavy atom. The van der Waals surface area contributed by atoms with E-state index in [1.807, 2.05) is 12.1 Å². The zero-order valence-electron chi connectivity index (χ0n) is 28.3. The minimum atomic E-state index is -2.67. The summed E-state index contributed by atoms with van der Waals surface area (Å²) in [6, 6.07) is 13.9. The van der Waals surface area contributed by atoms with Crippen LogP contribution in [-0.4, -0.2) is 86.3 Å². The second kappa shape index (κ2) is 15.1. The number of benzene rings is 2. The highest BCUT2D eigenvalue weighted by molar-refractivity contribution is 7.81. The van der Waals surface area contributed by atoms with Gasteiger partial charge in [-0.1, -0.05) is 45.0 Å². The van der Waals surface area contributed by atoms with E-state index >= 15 is 0 Å². The molecule has 2 heterocycles. The molecule has 1 aliphatic heterocycles. The Bertz CT molecular complexity index is 1620. The van der Waals surface area contributed by atoms with E-state index in [1.54, 1.807) is 67.0 Å². The van der Waals surface area contributed by atoms with Gasteiger partial charge in [-0.15, -0.1) is 0 Å². The van der Waals surface area contributed by atoms with Crippen LogP contribution >= 0.6 is 0 Å². The Morgan fingerprint density at radius 3 is 2.10 bits per heavy atom. The number of hydrogen-bond acceptors (Lipinski definition) is 10. The van der Waals surface area contributed by atoms with Crippen molar-refractivity contribution in [3.63, 3.8) is 0 Å². The zero-order chi connectivity index (χ0) is 35.2. The van der Waals surface area contributed by atoms with Crippen LogP contribution in [0.25, 0.3) is 0 Å². The van der Waals surface area contributed by atoms with Crippen LogP contribution in [0.4, 0.5) is 22.2 Å². The molecule has 15 heteroatoms. The third-order valence-electron chi connectivity index (χ3n) is 7.17. The van der Waals surface area contributed by atoms with Gasteiger partial charge in [0.25, 0.3) is 17.1 Å². The molecule has 1 fully saturated rings. The van der Waals surface area contributed by atoms with E-state index in [0.717, 1.165) is 9.87 Å². The van der Waals surface area contributed by atoms with Crippen LogP contribution in [-0.2, 0) is 26.2 Å². The highest BCUT2D eigenvalue weighted by Crippen LogP contribution is 2.45. The monoisotopic (exact) mass is 685 g/mol. The molecule has 1 atom stereocenters. The fourth-order valence-corrected chi connectivity index (χ4v) is 5.29. The van der Waals surface area contributed by atoms with E-state index in [-0.39, 0.29) is 47.6 Å². The molecule has 0 aliphatic carbocycles. The van der Waals surface area contributed by atoms with Crippen molar-refractivity contribution in [2.45, 2.75) is 59.0 Å². The summed E-state index contributed by atoms with van der Waals surface area (Å²) in [5.41, 5.74) is 0.503. The predicted molar refractivity (Wildman–Crippen MR) is 181 cm³/mol. The van der Waals surface area contributed by atoms with Gasteiger partial charge in [0.05, 0.1) is 19.2 Å². The fourth-order valence-electron chi connectivity index (χ4n) is 4.72. The van der Waals surface area contributed by atoms with Crippen molar-refractivity contribution in [3.8, 4) is 23.1 Å². The lowest BCUT2D eigenvalue weighted by molar-refractivity contribution is -0.137. The third kappa shape index (κ3) is 9.25. The molecule has 3 aromatic rings. The fraction of sp³-hybridized carbons (Fsp3) is 0.455. The number of carbonyl (C=O) groups is 2. The van der Waals surface area contributed by atoms with Crippen LogP contribution < -0.4 is 23.4 Å². The molecule has 14 nitrogen and oxygen atoms in total. The molecule has 1 unspecified atom stereocenters. The Kier molecular flexibility index (Phi) is 11.4. The maximum atomic E-state index is 13.2. The van der Waals surface area contributed by atoms with Crippen molar-refractivity contribution in [2.24, 2.45) is 0 Å². The van der Waals surface area contributed by atoms with E-state index in [1.165, 1.54) is 7.11 Å². The first-order valence-corrected chi connectivity index (χ1v) is 16.5. The van der Waals surface area contributed by atoms with Crippen LogP contribution in [0.15, 0.2) is 48.5 Å². The Labute approximate surface area is 283 Å². The average Bonchev–Trinajstić information content (AvgIpc) is 3.01. The molecule has 1 saturated heterocycles. The van der Waals surface area contributed by atoms with E-state index in [4.69, 9.17) is 23.9 Å². The first kappa shape index (κ1) is 36.2. The number of para-hydroxylation sites is 2. The Balaban J connectivity index is 1.84. The largest absolute Gasteiger partial charge is 0.493 e. The summed E-state index contributed by atoms with van der Waals surface area (Å²) >= 11 is -2.67. The van der Waals surface area contributed by atoms with Crippen molar-refractivity contribution < 1.29 is 42.4 Å². The number of ether oxygens (including phenoxy) is 4. The second-order valence-corrected chi connectivity index (χ2v) is 13.8. The van der Waals surface area contributed by atoms with Crippen LogP contribution in [0.3, 0.4) is 0 Å². The molecular weight excluding hydrogens is 642 g/mol. The normalized spacial score (nSPS) is 14.2. The summed E-state index contributed by atoms with van der Waals surface area (Å²) in [5.74, 6) is -0.788. The van der Waals surface area contributed by atoms with Crippen molar-refractivity contribution >= 4 is 40.8 Å². The summed E-state index contributed by atoms with van der Waals surface area (Å²) in [4.78, 5) is 36.8. The van der Waals surface area contributed by atoms with E-state index in [2.05, 4.69) is 25.8 Å². The topological polar surface area (TPSA) is 164 Å². The number of nitrogens with zero attached hydrogens (tertiary/aromatic N) is 5. The number of carbonyl (C=O) groups excluding carboxylic acids is 1. The van der Waals surface area contributed by atoms with E-state index < -0.39 is 28.9 Å². The molecule has 2 N–H and O–H groups in total. The summed E-state index contributed by atoms with van der Waals surface area (Å²) in [6.07, 6.45) is -0.788. The molecule has 1 amide bonds. The van der Waals surface area contributed by atoms with Gasteiger partial charge in [0, 0.05) is 26.2 Å². The minimum Gasteiger partial charge on any atom is -0.493 e. The summed E-state index contributed by atoms with van der Waals surface area (Å²) in [5, 5.41) is 9.31. The highest BCUT2D eigenvalue weighted by Gasteiger charge is 2.32. The van der Waals surface area contributed by atoms with Gasteiger partial charge in [0.1, 0.15) is 12.2 Å². The molecule has 2 aromatic carbocycles. The highest BCUT2D eigenvalue weighted by atomic mass is 32.2. The summed E-state index contributed by atoms with van der Waals surface area (Å²) in [7, 11) is 1.47. The number of amides is 1. The smallest absolute Gasteiger partial charge is 0.410 e. The number of methoxy groups -OCH3 is 1. The van der Waals surface area contributed by atoms with E-state index in [9.17, 15) is 23.5 Å².